The van der Waals surface area contributed by atoms with Gasteiger partial charge in [0, 0.05) is 13.1 Å². The lowest BCUT2D eigenvalue weighted by Gasteiger charge is -2.30. The fourth-order valence-corrected chi connectivity index (χ4v) is 2.57. The number of hydrogen-bond donors (Lipinski definition) is 0. The minimum Gasteiger partial charge on any atom is -0.385 e. The number of amides is 1. The van der Waals surface area contributed by atoms with Crippen LogP contribution in [-0.4, -0.2) is 45.7 Å². The predicted octanol–water partition coefficient (Wildman–Crippen LogP) is 1.12. The molecular formula is C14H18N4O2. The molecule has 0 spiro atoms. The normalized spacial score (nSPS) is 19.2. The first-order valence-electron chi connectivity index (χ1n) is 6.95. The van der Waals surface area contributed by atoms with Crippen LogP contribution in [0.2, 0.25) is 0 Å². The van der Waals surface area contributed by atoms with Crippen LogP contribution in [0.25, 0.3) is 11.0 Å². The molecule has 1 aromatic carbocycles. The Balaban J connectivity index is 1.63. The van der Waals surface area contributed by atoms with Crippen LogP contribution >= 0.6 is 0 Å². The molecule has 1 aliphatic rings. The minimum atomic E-state index is 0.0000737. The lowest BCUT2D eigenvalue weighted by atomic mass is 10.0. The summed E-state index contributed by atoms with van der Waals surface area (Å²) in [6, 6.07) is 7.50. The number of carbonyl (C=O) groups is 1. The number of piperidine rings is 1. The van der Waals surface area contributed by atoms with Crippen molar-refractivity contribution in [2.75, 3.05) is 19.7 Å². The molecule has 1 aliphatic heterocycles. The van der Waals surface area contributed by atoms with Gasteiger partial charge in [-0.15, -0.1) is 5.10 Å². The van der Waals surface area contributed by atoms with E-state index in [0.29, 0.717) is 5.92 Å². The summed E-state index contributed by atoms with van der Waals surface area (Å²) in [5, 5.41) is 7.89. The SMILES string of the molecule is CC1CCCN(C(=O)COn2nnc3ccccc32)C1. The van der Waals surface area contributed by atoms with Crippen molar-refractivity contribution >= 4 is 16.9 Å². The standard InChI is InChI=1S/C14H18N4O2/c1-11-5-4-8-17(9-11)14(19)10-20-18-13-7-3-2-6-12(13)15-16-18/h2-3,6-7,11H,4-5,8-10H2,1H3. The zero-order valence-electron chi connectivity index (χ0n) is 11.5. The van der Waals surface area contributed by atoms with Crippen molar-refractivity contribution in [3.05, 3.63) is 24.3 Å². The number of rotatable bonds is 3. The quantitative estimate of drug-likeness (QED) is 0.841. The number of fused-ring (bicyclic) bond motifs is 1. The average Bonchev–Trinajstić information content (AvgIpc) is 2.88. The Kier molecular flexibility index (Phi) is 3.54. The summed E-state index contributed by atoms with van der Waals surface area (Å²) in [5.74, 6) is 0.580. The monoisotopic (exact) mass is 274 g/mol. The molecule has 3 rings (SSSR count). The molecule has 106 valence electrons. The summed E-state index contributed by atoms with van der Waals surface area (Å²) in [6.07, 6.45) is 2.26. The van der Waals surface area contributed by atoms with E-state index in [2.05, 4.69) is 17.2 Å². The van der Waals surface area contributed by atoms with Crippen LogP contribution in [0.15, 0.2) is 24.3 Å². The number of benzene rings is 1. The average molecular weight is 274 g/mol. The smallest absolute Gasteiger partial charge is 0.263 e. The summed E-state index contributed by atoms with van der Waals surface area (Å²) in [6.45, 7) is 3.82. The first-order valence-corrected chi connectivity index (χ1v) is 6.95. The molecule has 6 heteroatoms. The number of hydrogen-bond acceptors (Lipinski definition) is 4. The summed E-state index contributed by atoms with van der Waals surface area (Å²) in [4.78, 5) is 20.8. The molecule has 2 heterocycles. The summed E-state index contributed by atoms with van der Waals surface area (Å²) >= 11 is 0. The van der Waals surface area contributed by atoms with Gasteiger partial charge in [0.2, 0.25) is 0 Å². The Morgan fingerprint density at radius 3 is 3.15 bits per heavy atom. The van der Waals surface area contributed by atoms with Crippen LogP contribution in [0, 0.1) is 5.92 Å². The Morgan fingerprint density at radius 2 is 2.30 bits per heavy atom. The highest BCUT2D eigenvalue weighted by atomic mass is 16.7. The van der Waals surface area contributed by atoms with Gasteiger partial charge in [0.25, 0.3) is 5.91 Å². The molecule has 0 radical (unpaired) electrons. The van der Waals surface area contributed by atoms with Gasteiger partial charge in [-0.3, -0.25) is 4.79 Å². The Hall–Kier alpha value is -2.11. The number of para-hydroxylation sites is 1. The molecule has 0 saturated carbocycles. The highest BCUT2D eigenvalue weighted by Gasteiger charge is 2.21. The number of carbonyl (C=O) groups excluding carboxylic acids is 1. The van der Waals surface area contributed by atoms with Crippen LogP contribution in [-0.2, 0) is 4.79 Å². The second-order valence-electron chi connectivity index (χ2n) is 5.31. The third kappa shape index (κ3) is 2.59. The van der Waals surface area contributed by atoms with Crippen molar-refractivity contribution in [1.29, 1.82) is 0 Å². The van der Waals surface area contributed by atoms with Crippen molar-refractivity contribution in [3.63, 3.8) is 0 Å². The molecule has 0 N–H and O–H groups in total. The van der Waals surface area contributed by atoms with E-state index in [0.717, 1.165) is 30.5 Å². The van der Waals surface area contributed by atoms with Gasteiger partial charge in [0.1, 0.15) is 11.0 Å². The first-order chi connectivity index (χ1) is 9.74. The Bertz CT molecular complexity index is 610. The summed E-state index contributed by atoms with van der Waals surface area (Å²) < 4.78 is 0. The lowest BCUT2D eigenvalue weighted by molar-refractivity contribution is -0.138. The van der Waals surface area contributed by atoms with Crippen LogP contribution < -0.4 is 4.84 Å². The Labute approximate surface area is 117 Å². The molecule has 20 heavy (non-hydrogen) atoms. The summed E-state index contributed by atoms with van der Waals surface area (Å²) in [7, 11) is 0. The highest BCUT2D eigenvalue weighted by Crippen LogP contribution is 2.15. The topological polar surface area (TPSA) is 60.2 Å². The maximum absolute atomic E-state index is 12.1. The van der Waals surface area contributed by atoms with Crippen LogP contribution in [0.3, 0.4) is 0 Å². The van der Waals surface area contributed by atoms with Crippen LogP contribution in [0.1, 0.15) is 19.8 Å². The van der Waals surface area contributed by atoms with Gasteiger partial charge in [-0.25, -0.2) is 0 Å². The fraction of sp³-hybridized carbons (Fsp3) is 0.500. The van der Waals surface area contributed by atoms with E-state index in [1.54, 1.807) is 0 Å². The van der Waals surface area contributed by atoms with Gasteiger partial charge in [-0.2, -0.15) is 0 Å². The minimum absolute atomic E-state index is 0.0000737. The maximum Gasteiger partial charge on any atom is 0.263 e. The molecule has 1 unspecified atom stereocenters. The predicted molar refractivity (Wildman–Crippen MR) is 74.0 cm³/mol. The van der Waals surface area contributed by atoms with Gasteiger partial charge < -0.3 is 9.74 Å². The van der Waals surface area contributed by atoms with Gasteiger partial charge in [0.15, 0.2) is 6.61 Å². The highest BCUT2D eigenvalue weighted by molar-refractivity contribution is 5.78. The van der Waals surface area contributed by atoms with E-state index in [9.17, 15) is 4.79 Å². The Morgan fingerprint density at radius 1 is 1.45 bits per heavy atom. The molecule has 2 aromatic rings. The maximum atomic E-state index is 12.1. The molecule has 1 saturated heterocycles. The number of nitrogens with zero attached hydrogens (tertiary/aromatic N) is 4. The van der Waals surface area contributed by atoms with Gasteiger partial charge >= 0.3 is 0 Å². The molecule has 1 amide bonds. The first kappa shape index (κ1) is 12.9. The molecule has 0 bridgehead atoms. The van der Waals surface area contributed by atoms with Crippen molar-refractivity contribution in [1.82, 2.24) is 20.1 Å². The van der Waals surface area contributed by atoms with Crippen molar-refractivity contribution in [2.24, 2.45) is 5.92 Å². The van der Waals surface area contributed by atoms with E-state index < -0.39 is 0 Å². The van der Waals surface area contributed by atoms with Crippen molar-refractivity contribution in [2.45, 2.75) is 19.8 Å². The molecule has 0 aliphatic carbocycles. The summed E-state index contributed by atoms with van der Waals surface area (Å²) in [5.41, 5.74) is 1.53. The zero-order chi connectivity index (χ0) is 13.9. The second kappa shape index (κ2) is 5.48. The van der Waals surface area contributed by atoms with E-state index in [1.807, 2.05) is 29.2 Å². The molecule has 1 fully saturated rings. The molecular weight excluding hydrogens is 256 g/mol. The van der Waals surface area contributed by atoms with Crippen molar-refractivity contribution in [3.8, 4) is 0 Å². The van der Waals surface area contributed by atoms with Gasteiger partial charge in [-0.05, 0) is 36.1 Å². The van der Waals surface area contributed by atoms with Crippen LogP contribution in [0.5, 0.6) is 0 Å². The van der Waals surface area contributed by atoms with E-state index in [4.69, 9.17) is 4.84 Å². The second-order valence-corrected chi connectivity index (χ2v) is 5.31. The number of likely N-dealkylation sites (tertiary alicyclic amines) is 1. The van der Waals surface area contributed by atoms with E-state index >= 15 is 0 Å². The van der Waals surface area contributed by atoms with E-state index in [-0.39, 0.29) is 12.5 Å². The van der Waals surface area contributed by atoms with E-state index in [1.165, 1.54) is 11.3 Å². The fourth-order valence-electron chi connectivity index (χ4n) is 2.57. The molecule has 1 aromatic heterocycles. The third-order valence-corrected chi connectivity index (χ3v) is 3.64. The molecule has 1 atom stereocenters. The molecule has 6 nitrogen and oxygen atoms in total. The van der Waals surface area contributed by atoms with Crippen molar-refractivity contribution < 1.29 is 9.63 Å². The van der Waals surface area contributed by atoms with Crippen LogP contribution in [0.4, 0.5) is 0 Å². The number of aromatic nitrogens is 3. The van der Waals surface area contributed by atoms with Gasteiger partial charge in [0.05, 0.1) is 0 Å². The zero-order valence-corrected chi connectivity index (χ0v) is 11.5. The largest absolute Gasteiger partial charge is 0.385 e. The van der Waals surface area contributed by atoms with Gasteiger partial charge in [-0.1, -0.05) is 23.9 Å². The lowest BCUT2D eigenvalue weighted by Crippen LogP contribution is -2.42. The third-order valence-electron chi connectivity index (χ3n) is 3.64.